The van der Waals surface area contributed by atoms with Crippen molar-refractivity contribution in [3.05, 3.63) is 10.6 Å². The summed E-state index contributed by atoms with van der Waals surface area (Å²) >= 11 is 0.950. The molecule has 1 heterocycles. The maximum Gasteiger partial charge on any atom is 0.347 e. The molecule has 0 fully saturated rings. The largest absolute Gasteiger partial charge is 0.477 e. The van der Waals surface area contributed by atoms with Gasteiger partial charge >= 0.3 is 5.97 Å². The van der Waals surface area contributed by atoms with E-state index in [1.807, 2.05) is 0 Å². The Bertz CT molecular complexity index is 297. The van der Waals surface area contributed by atoms with Crippen molar-refractivity contribution in [2.75, 3.05) is 12.8 Å². The van der Waals surface area contributed by atoms with E-state index in [-0.39, 0.29) is 16.6 Å². The SMILES string of the molecule is COCc1nc(N)sc1C(=O)O. The van der Waals surface area contributed by atoms with Crippen LogP contribution in [-0.2, 0) is 11.3 Å². The molecular formula is C6H8N2O3S. The summed E-state index contributed by atoms with van der Waals surface area (Å²) in [6.45, 7) is 0.176. The lowest BCUT2D eigenvalue weighted by Gasteiger charge is -1.94. The fourth-order valence-electron chi connectivity index (χ4n) is 0.772. The zero-order valence-electron chi connectivity index (χ0n) is 6.40. The lowest BCUT2D eigenvalue weighted by molar-refractivity contribution is 0.0697. The number of rotatable bonds is 3. The van der Waals surface area contributed by atoms with Gasteiger partial charge < -0.3 is 15.6 Å². The van der Waals surface area contributed by atoms with E-state index >= 15 is 0 Å². The molecule has 0 unspecified atom stereocenters. The van der Waals surface area contributed by atoms with Crippen molar-refractivity contribution in [1.82, 2.24) is 4.98 Å². The fraction of sp³-hybridized carbons (Fsp3) is 0.333. The van der Waals surface area contributed by atoms with E-state index in [4.69, 9.17) is 15.6 Å². The average Bonchev–Trinajstić information content (AvgIpc) is 2.32. The van der Waals surface area contributed by atoms with Crippen LogP contribution in [0.5, 0.6) is 0 Å². The van der Waals surface area contributed by atoms with Gasteiger partial charge in [-0.2, -0.15) is 0 Å². The maximum absolute atomic E-state index is 10.6. The molecule has 12 heavy (non-hydrogen) atoms. The van der Waals surface area contributed by atoms with Crippen LogP contribution < -0.4 is 5.73 Å². The van der Waals surface area contributed by atoms with Crippen molar-refractivity contribution in [2.45, 2.75) is 6.61 Å². The predicted octanol–water partition coefficient (Wildman–Crippen LogP) is 0.570. The third-order valence-corrected chi connectivity index (χ3v) is 2.10. The number of nitrogens with zero attached hydrogens (tertiary/aromatic N) is 1. The minimum Gasteiger partial charge on any atom is -0.477 e. The first-order chi connectivity index (χ1) is 5.65. The number of hydrogen-bond acceptors (Lipinski definition) is 5. The molecule has 66 valence electrons. The number of carboxylic acid groups (broad SMARTS) is 1. The normalized spacial score (nSPS) is 10.1. The summed E-state index contributed by atoms with van der Waals surface area (Å²) in [5.74, 6) is -1.02. The second-order valence-corrected chi connectivity index (χ2v) is 3.10. The number of hydrogen-bond donors (Lipinski definition) is 2. The summed E-state index contributed by atoms with van der Waals surface area (Å²) in [6.07, 6.45) is 0. The summed E-state index contributed by atoms with van der Waals surface area (Å²) in [5, 5.41) is 8.91. The number of aromatic nitrogens is 1. The monoisotopic (exact) mass is 188 g/mol. The van der Waals surface area contributed by atoms with Gasteiger partial charge in [-0.25, -0.2) is 9.78 Å². The molecule has 0 amide bonds. The van der Waals surface area contributed by atoms with E-state index in [0.29, 0.717) is 5.69 Å². The molecule has 1 aromatic rings. The van der Waals surface area contributed by atoms with Crippen molar-refractivity contribution in [3.63, 3.8) is 0 Å². The number of methoxy groups -OCH3 is 1. The maximum atomic E-state index is 10.6. The first-order valence-corrected chi connectivity index (χ1v) is 3.94. The first-order valence-electron chi connectivity index (χ1n) is 3.12. The Labute approximate surface area is 72.8 Å². The molecule has 0 aliphatic heterocycles. The third-order valence-electron chi connectivity index (χ3n) is 1.19. The van der Waals surface area contributed by atoms with Gasteiger partial charge in [-0.3, -0.25) is 0 Å². The minimum atomic E-state index is -1.02. The van der Waals surface area contributed by atoms with Gasteiger partial charge in [0.25, 0.3) is 0 Å². The van der Waals surface area contributed by atoms with Gasteiger partial charge in [0.15, 0.2) is 5.13 Å². The number of aromatic carboxylic acids is 1. The fourth-order valence-corrected chi connectivity index (χ4v) is 1.45. The molecule has 0 saturated carbocycles. The molecule has 1 rings (SSSR count). The number of ether oxygens (including phenoxy) is 1. The van der Waals surface area contributed by atoms with Crippen LogP contribution in [0.15, 0.2) is 0 Å². The topological polar surface area (TPSA) is 85.4 Å². The van der Waals surface area contributed by atoms with Crippen LogP contribution in [0.3, 0.4) is 0 Å². The second kappa shape index (κ2) is 3.51. The highest BCUT2D eigenvalue weighted by Gasteiger charge is 2.15. The summed E-state index contributed by atoms with van der Waals surface area (Å²) in [4.78, 5) is 14.5. The van der Waals surface area contributed by atoms with Gasteiger partial charge in [0.1, 0.15) is 4.88 Å². The quantitative estimate of drug-likeness (QED) is 0.724. The summed E-state index contributed by atoms with van der Waals surface area (Å²) in [7, 11) is 1.47. The summed E-state index contributed by atoms with van der Waals surface area (Å²) in [5.41, 5.74) is 5.72. The Balaban J connectivity index is 2.99. The van der Waals surface area contributed by atoms with Gasteiger partial charge in [-0.15, -0.1) is 0 Å². The van der Waals surface area contributed by atoms with Gasteiger partial charge in [0, 0.05) is 7.11 Å². The Kier molecular flexibility index (Phi) is 2.61. The molecule has 1 aromatic heterocycles. The van der Waals surface area contributed by atoms with Crippen LogP contribution in [0.25, 0.3) is 0 Å². The summed E-state index contributed by atoms with van der Waals surface area (Å²) in [6, 6.07) is 0. The lowest BCUT2D eigenvalue weighted by atomic mass is 10.4. The van der Waals surface area contributed by atoms with Crippen LogP contribution >= 0.6 is 11.3 Å². The highest BCUT2D eigenvalue weighted by Crippen LogP contribution is 2.20. The van der Waals surface area contributed by atoms with Crippen molar-refractivity contribution in [1.29, 1.82) is 0 Å². The molecule has 0 saturated heterocycles. The minimum absolute atomic E-state index is 0.148. The van der Waals surface area contributed by atoms with E-state index < -0.39 is 5.97 Å². The Morgan fingerprint density at radius 2 is 2.50 bits per heavy atom. The van der Waals surface area contributed by atoms with E-state index in [1.165, 1.54) is 7.11 Å². The van der Waals surface area contributed by atoms with E-state index in [1.54, 1.807) is 0 Å². The molecule has 0 atom stereocenters. The molecule has 3 N–H and O–H groups in total. The Morgan fingerprint density at radius 1 is 1.83 bits per heavy atom. The van der Waals surface area contributed by atoms with E-state index in [2.05, 4.69) is 4.98 Å². The number of carbonyl (C=O) groups is 1. The number of carboxylic acids is 1. The number of anilines is 1. The highest BCUT2D eigenvalue weighted by molar-refractivity contribution is 7.17. The molecule has 0 radical (unpaired) electrons. The first kappa shape index (κ1) is 8.95. The van der Waals surface area contributed by atoms with Crippen LogP contribution in [0.1, 0.15) is 15.4 Å². The van der Waals surface area contributed by atoms with Crippen LogP contribution in [0.2, 0.25) is 0 Å². The molecule has 5 nitrogen and oxygen atoms in total. The zero-order chi connectivity index (χ0) is 9.14. The third kappa shape index (κ3) is 1.72. The molecule has 0 aromatic carbocycles. The van der Waals surface area contributed by atoms with E-state index in [0.717, 1.165) is 11.3 Å². The molecule has 0 aliphatic carbocycles. The Hall–Kier alpha value is -1.14. The van der Waals surface area contributed by atoms with Crippen molar-refractivity contribution < 1.29 is 14.6 Å². The van der Waals surface area contributed by atoms with Crippen molar-refractivity contribution >= 4 is 22.4 Å². The van der Waals surface area contributed by atoms with Gasteiger partial charge in [-0.1, -0.05) is 11.3 Å². The zero-order valence-corrected chi connectivity index (χ0v) is 7.22. The molecular weight excluding hydrogens is 180 g/mol. The lowest BCUT2D eigenvalue weighted by Crippen LogP contribution is -1.99. The van der Waals surface area contributed by atoms with Gasteiger partial charge in [0.05, 0.1) is 12.3 Å². The smallest absolute Gasteiger partial charge is 0.347 e. The number of nitrogens with two attached hydrogens (primary N) is 1. The van der Waals surface area contributed by atoms with Crippen LogP contribution in [0.4, 0.5) is 5.13 Å². The Morgan fingerprint density at radius 3 is 3.00 bits per heavy atom. The standard InChI is InChI=1S/C6H8N2O3S/c1-11-2-3-4(5(9)10)12-6(7)8-3/h2H2,1H3,(H2,7,8)(H,9,10). The highest BCUT2D eigenvalue weighted by atomic mass is 32.1. The number of thiazole rings is 1. The summed E-state index contributed by atoms with van der Waals surface area (Å²) < 4.78 is 4.76. The van der Waals surface area contributed by atoms with Crippen LogP contribution in [0, 0.1) is 0 Å². The second-order valence-electron chi connectivity index (χ2n) is 2.07. The van der Waals surface area contributed by atoms with Gasteiger partial charge in [-0.05, 0) is 0 Å². The molecule has 0 spiro atoms. The van der Waals surface area contributed by atoms with Gasteiger partial charge in [0.2, 0.25) is 0 Å². The average molecular weight is 188 g/mol. The van der Waals surface area contributed by atoms with Crippen molar-refractivity contribution in [3.8, 4) is 0 Å². The molecule has 0 aliphatic rings. The molecule has 6 heteroatoms. The van der Waals surface area contributed by atoms with E-state index in [9.17, 15) is 4.79 Å². The predicted molar refractivity (Wildman–Crippen MR) is 44.2 cm³/mol. The molecule has 0 bridgehead atoms. The number of nitrogen functional groups attached to an aromatic ring is 1. The van der Waals surface area contributed by atoms with Crippen molar-refractivity contribution in [2.24, 2.45) is 0 Å². The van der Waals surface area contributed by atoms with Crippen LogP contribution in [-0.4, -0.2) is 23.2 Å².